The number of halogens is 1. The number of benzene rings is 1. The summed E-state index contributed by atoms with van der Waals surface area (Å²) in [6, 6.07) is 4.70. The van der Waals surface area contributed by atoms with Gasteiger partial charge < -0.3 is 10.5 Å². The summed E-state index contributed by atoms with van der Waals surface area (Å²) < 4.78 is 34.0. The number of hydrogen-bond donors (Lipinski definition) is 1. The van der Waals surface area contributed by atoms with E-state index in [-0.39, 0.29) is 17.5 Å². The minimum Gasteiger partial charge on any atom is -0.495 e. The summed E-state index contributed by atoms with van der Waals surface area (Å²) in [6.07, 6.45) is 0. The van der Waals surface area contributed by atoms with E-state index in [1.807, 2.05) is 0 Å². The van der Waals surface area contributed by atoms with Crippen LogP contribution in [0.25, 0.3) is 10.1 Å². The lowest BCUT2D eigenvalue weighted by Crippen LogP contribution is -2.41. The molecule has 21 heavy (non-hydrogen) atoms. The highest BCUT2D eigenvalue weighted by atomic mass is 32.2. The molecule has 112 valence electrons. The largest absolute Gasteiger partial charge is 0.495 e. The van der Waals surface area contributed by atoms with Crippen molar-refractivity contribution in [2.24, 2.45) is 10.7 Å². The fourth-order valence-corrected chi connectivity index (χ4v) is 4.53. The van der Waals surface area contributed by atoms with Crippen molar-refractivity contribution in [1.29, 1.82) is 0 Å². The van der Waals surface area contributed by atoms with Crippen molar-refractivity contribution < 1.29 is 13.3 Å². The van der Waals surface area contributed by atoms with Gasteiger partial charge in [0.15, 0.2) is 0 Å². The number of hydrogen-bond acceptors (Lipinski definition) is 5. The van der Waals surface area contributed by atoms with Crippen molar-refractivity contribution >= 4 is 38.4 Å². The maximum atomic E-state index is 14.6. The Kier molecular flexibility index (Phi) is 3.58. The number of methoxy groups -OCH3 is 1. The van der Waals surface area contributed by atoms with Gasteiger partial charge in [-0.25, -0.2) is 13.6 Å². The molecule has 1 aromatic heterocycles. The van der Waals surface area contributed by atoms with Crippen LogP contribution >= 0.6 is 11.3 Å². The Morgan fingerprint density at radius 2 is 2.33 bits per heavy atom. The Labute approximate surface area is 127 Å². The fourth-order valence-electron chi connectivity index (χ4n) is 2.22. The van der Waals surface area contributed by atoms with E-state index >= 15 is 0 Å². The van der Waals surface area contributed by atoms with Crippen LogP contribution in [-0.4, -0.2) is 34.4 Å². The summed E-state index contributed by atoms with van der Waals surface area (Å²) >= 11 is 1.27. The molecular formula is C13H14FN3O2S2. The summed E-state index contributed by atoms with van der Waals surface area (Å²) in [6.45, 7) is 0. The summed E-state index contributed by atoms with van der Waals surface area (Å²) in [5.74, 6) is 0.669. The maximum absolute atomic E-state index is 14.6. The molecule has 1 aromatic carbocycles. The molecular weight excluding hydrogens is 313 g/mol. The van der Waals surface area contributed by atoms with Crippen LogP contribution in [0.4, 0.5) is 4.39 Å². The standard InChI is InChI=1S/C13H14FN3O2S2/c1-17-13(15)16-8(6-21(17)18)12-10(14)7-4-3-5-9(19-2)11(7)20-12/h3-5,8H,6H2,1-2H3,(H2,15,16). The van der Waals surface area contributed by atoms with Gasteiger partial charge in [0.2, 0.25) is 5.96 Å². The van der Waals surface area contributed by atoms with Crippen LogP contribution in [0.5, 0.6) is 5.75 Å². The van der Waals surface area contributed by atoms with Crippen LogP contribution in [0.3, 0.4) is 0 Å². The van der Waals surface area contributed by atoms with Crippen LogP contribution in [0.15, 0.2) is 23.2 Å². The van der Waals surface area contributed by atoms with Crippen LogP contribution < -0.4 is 10.5 Å². The van der Waals surface area contributed by atoms with E-state index < -0.39 is 17.0 Å². The summed E-state index contributed by atoms with van der Waals surface area (Å²) in [4.78, 5) is 4.70. The molecule has 2 N–H and O–H groups in total. The van der Waals surface area contributed by atoms with Crippen LogP contribution in [0, 0.1) is 5.82 Å². The number of nitrogens with two attached hydrogens (primary N) is 1. The summed E-state index contributed by atoms with van der Waals surface area (Å²) in [5.41, 5.74) is 5.74. The predicted octanol–water partition coefficient (Wildman–Crippen LogP) is 2.01. The molecule has 2 unspecified atom stereocenters. The number of thiophene rings is 1. The van der Waals surface area contributed by atoms with Gasteiger partial charge in [-0.15, -0.1) is 11.3 Å². The van der Waals surface area contributed by atoms with Gasteiger partial charge in [0, 0.05) is 12.4 Å². The second kappa shape index (κ2) is 5.27. The van der Waals surface area contributed by atoms with Crippen molar-refractivity contribution in [2.75, 3.05) is 19.9 Å². The molecule has 1 aliphatic heterocycles. The van der Waals surface area contributed by atoms with Crippen molar-refractivity contribution in [2.45, 2.75) is 6.04 Å². The smallest absolute Gasteiger partial charge is 0.203 e. The normalized spacial score (nSPS) is 22.4. The minimum atomic E-state index is -1.30. The van der Waals surface area contributed by atoms with E-state index in [0.717, 1.165) is 4.70 Å². The molecule has 2 aromatic rings. The van der Waals surface area contributed by atoms with Gasteiger partial charge in [-0.1, -0.05) is 12.1 Å². The summed E-state index contributed by atoms with van der Waals surface area (Å²) in [5, 5.41) is 0.493. The first-order valence-corrected chi connectivity index (χ1v) is 8.32. The molecule has 0 bridgehead atoms. The Bertz CT molecular complexity index is 759. The zero-order valence-corrected chi connectivity index (χ0v) is 13.1. The number of aliphatic imine (C=N–C) groups is 1. The molecule has 0 aliphatic carbocycles. The first kappa shape index (κ1) is 14.3. The van der Waals surface area contributed by atoms with E-state index in [4.69, 9.17) is 10.5 Å². The second-order valence-corrected chi connectivity index (χ2v) is 7.18. The van der Waals surface area contributed by atoms with Gasteiger partial charge in [-0.05, 0) is 6.07 Å². The highest BCUT2D eigenvalue weighted by Crippen LogP contribution is 2.40. The third-order valence-corrected chi connectivity index (χ3v) is 6.08. The van der Waals surface area contributed by atoms with Gasteiger partial charge >= 0.3 is 0 Å². The Morgan fingerprint density at radius 3 is 3.00 bits per heavy atom. The third kappa shape index (κ3) is 2.28. The highest BCUT2D eigenvalue weighted by Gasteiger charge is 2.29. The highest BCUT2D eigenvalue weighted by molar-refractivity contribution is 7.83. The van der Waals surface area contributed by atoms with E-state index in [0.29, 0.717) is 16.0 Å². The molecule has 1 aliphatic rings. The number of guanidine groups is 1. The molecule has 0 spiro atoms. The van der Waals surface area contributed by atoms with Crippen LogP contribution in [0.2, 0.25) is 0 Å². The molecule has 2 heterocycles. The minimum absolute atomic E-state index is 0.161. The van der Waals surface area contributed by atoms with Crippen molar-refractivity contribution in [1.82, 2.24) is 4.31 Å². The third-order valence-electron chi connectivity index (χ3n) is 3.38. The number of ether oxygens (including phenoxy) is 1. The molecule has 8 heteroatoms. The molecule has 0 saturated carbocycles. The molecule has 5 nitrogen and oxygen atoms in total. The lowest BCUT2D eigenvalue weighted by atomic mass is 10.2. The van der Waals surface area contributed by atoms with Crippen molar-refractivity contribution in [3.8, 4) is 5.75 Å². The van der Waals surface area contributed by atoms with Crippen molar-refractivity contribution in [3.05, 3.63) is 28.9 Å². The molecule has 0 fully saturated rings. The van der Waals surface area contributed by atoms with Crippen LogP contribution in [-0.2, 0) is 11.0 Å². The molecule has 0 radical (unpaired) electrons. The van der Waals surface area contributed by atoms with E-state index in [9.17, 15) is 8.60 Å². The Balaban J connectivity index is 2.13. The molecule has 3 rings (SSSR count). The first-order valence-electron chi connectivity index (χ1n) is 6.23. The van der Waals surface area contributed by atoms with Gasteiger partial charge in [0.1, 0.15) is 28.6 Å². The Morgan fingerprint density at radius 1 is 1.57 bits per heavy atom. The predicted molar refractivity (Wildman–Crippen MR) is 83.5 cm³/mol. The van der Waals surface area contributed by atoms with Gasteiger partial charge in [-0.3, -0.25) is 4.31 Å². The molecule has 0 amide bonds. The Hall–Kier alpha value is -1.67. The SMILES string of the molecule is COc1cccc2c(F)c(C3CS(=O)N(C)C(N)=N3)sc12. The van der Waals surface area contributed by atoms with Crippen LogP contribution in [0.1, 0.15) is 10.9 Å². The monoisotopic (exact) mass is 327 g/mol. The van der Waals surface area contributed by atoms with E-state index in [1.165, 1.54) is 15.6 Å². The summed E-state index contributed by atoms with van der Waals surface area (Å²) in [7, 11) is 1.86. The zero-order valence-electron chi connectivity index (χ0n) is 11.5. The number of nitrogens with zero attached hydrogens (tertiary/aromatic N) is 2. The molecule has 2 atom stereocenters. The average Bonchev–Trinajstić information content (AvgIpc) is 2.81. The fraction of sp³-hybridized carbons (Fsp3) is 0.308. The van der Waals surface area contributed by atoms with Gasteiger partial charge in [0.25, 0.3) is 0 Å². The lowest BCUT2D eigenvalue weighted by Gasteiger charge is -2.25. The second-order valence-electron chi connectivity index (χ2n) is 4.61. The zero-order chi connectivity index (χ0) is 15.1. The first-order chi connectivity index (χ1) is 10.0. The topological polar surface area (TPSA) is 67.9 Å². The van der Waals surface area contributed by atoms with Gasteiger partial charge in [-0.2, -0.15) is 0 Å². The quantitative estimate of drug-likeness (QED) is 0.917. The van der Waals surface area contributed by atoms with E-state index in [1.54, 1.807) is 32.4 Å². The maximum Gasteiger partial charge on any atom is 0.203 e. The molecule has 0 saturated heterocycles. The average molecular weight is 327 g/mol. The lowest BCUT2D eigenvalue weighted by molar-refractivity contribution is 0.420. The van der Waals surface area contributed by atoms with E-state index in [2.05, 4.69) is 4.99 Å². The van der Waals surface area contributed by atoms with Gasteiger partial charge in [0.05, 0.1) is 22.4 Å². The van der Waals surface area contributed by atoms with Crippen molar-refractivity contribution in [3.63, 3.8) is 0 Å². The number of fused-ring (bicyclic) bond motifs is 1. The number of rotatable bonds is 2.